The summed E-state index contributed by atoms with van der Waals surface area (Å²) in [5.74, 6) is 0. The highest BCUT2D eigenvalue weighted by atomic mass is 16.3. The number of fused-ring (bicyclic) bond motifs is 1. The molecule has 1 N–H and O–H groups in total. The Bertz CT molecular complexity index is 495. The third-order valence-corrected chi connectivity index (χ3v) is 2.89. The Morgan fingerprint density at radius 1 is 1.35 bits per heavy atom. The van der Waals surface area contributed by atoms with Crippen molar-refractivity contribution < 1.29 is 5.11 Å². The van der Waals surface area contributed by atoms with E-state index in [2.05, 4.69) is 10.2 Å². The predicted octanol–water partition coefficient (Wildman–Crippen LogP) is 1.84. The van der Waals surface area contributed by atoms with E-state index in [1.54, 1.807) is 6.20 Å². The third kappa shape index (κ3) is 2.53. The SMILES string of the molecule is CC[C@H](O)CN(C)c1cnnc2ccccc12. The van der Waals surface area contributed by atoms with Gasteiger partial charge in [0.2, 0.25) is 0 Å². The van der Waals surface area contributed by atoms with Gasteiger partial charge in [-0.3, -0.25) is 0 Å². The molecule has 0 spiro atoms. The molecule has 90 valence electrons. The molecule has 0 aliphatic carbocycles. The summed E-state index contributed by atoms with van der Waals surface area (Å²) in [6.07, 6.45) is 2.18. The molecular weight excluding hydrogens is 214 g/mol. The number of likely N-dealkylation sites (N-methyl/N-ethyl adjacent to an activating group) is 1. The minimum atomic E-state index is -0.313. The van der Waals surface area contributed by atoms with E-state index in [0.717, 1.165) is 23.0 Å². The van der Waals surface area contributed by atoms with Crippen LogP contribution in [-0.4, -0.2) is 35.0 Å². The first-order valence-corrected chi connectivity index (χ1v) is 5.82. The summed E-state index contributed by atoms with van der Waals surface area (Å²) < 4.78 is 0. The van der Waals surface area contributed by atoms with Gasteiger partial charge in [-0.2, -0.15) is 10.2 Å². The number of benzene rings is 1. The Morgan fingerprint density at radius 3 is 2.88 bits per heavy atom. The molecule has 17 heavy (non-hydrogen) atoms. The largest absolute Gasteiger partial charge is 0.391 e. The van der Waals surface area contributed by atoms with Crippen LogP contribution in [-0.2, 0) is 0 Å². The molecule has 0 radical (unpaired) electrons. The number of hydrogen-bond acceptors (Lipinski definition) is 4. The van der Waals surface area contributed by atoms with E-state index in [1.807, 2.05) is 43.1 Å². The van der Waals surface area contributed by atoms with Crippen molar-refractivity contribution in [3.05, 3.63) is 30.5 Å². The van der Waals surface area contributed by atoms with E-state index in [0.29, 0.717) is 6.54 Å². The van der Waals surface area contributed by atoms with Crippen LogP contribution in [0.2, 0.25) is 0 Å². The molecule has 2 aromatic rings. The van der Waals surface area contributed by atoms with Gasteiger partial charge in [-0.15, -0.1) is 0 Å². The second-order valence-corrected chi connectivity index (χ2v) is 4.19. The van der Waals surface area contributed by atoms with Crippen LogP contribution in [0.1, 0.15) is 13.3 Å². The number of aliphatic hydroxyl groups is 1. The second kappa shape index (κ2) is 5.10. The maximum Gasteiger partial charge on any atom is 0.0950 e. The van der Waals surface area contributed by atoms with Crippen LogP contribution >= 0.6 is 0 Å². The minimum absolute atomic E-state index is 0.313. The lowest BCUT2D eigenvalue weighted by atomic mass is 10.2. The Balaban J connectivity index is 2.34. The van der Waals surface area contributed by atoms with Gasteiger partial charge < -0.3 is 10.0 Å². The molecule has 0 amide bonds. The number of aromatic nitrogens is 2. The summed E-state index contributed by atoms with van der Waals surface area (Å²) in [4.78, 5) is 2.02. The van der Waals surface area contributed by atoms with Gasteiger partial charge in [-0.1, -0.05) is 25.1 Å². The quantitative estimate of drug-likeness (QED) is 0.872. The van der Waals surface area contributed by atoms with E-state index < -0.39 is 0 Å². The zero-order valence-corrected chi connectivity index (χ0v) is 10.2. The molecule has 0 saturated carbocycles. The monoisotopic (exact) mass is 231 g/mol. The Hall–Kier alpha value is -1.68. The van der Waals surface area contributed by atoms with Crippen LogP contribution < -0.4 is 4.90 Å². The lowest BCUT2D eigenvalue weighted by Crippen LogP contribution is -2.28. The van der Waals surface area contributed by atoms with Crippen LogP contribution in [0, 0.1) is 0 Å². The number of aliphatic hydroxyl groups excluding tert-OH is 1. The topological polar surface area (TPSA) is 49.2 Å². The van der Waals surface area contributed by atoms with Crippen molar-refractivity contribution in [2.45, 2.75) is 19.4 Å². The zero-order chi connectivity index (χ0) is 12.3. The molecule has 0 fully saturated rings. The van der Waals surface area contributed by atoms with Crippen LogP contribution in [0.4, 0.5) is 5.69 Å². The van der Waals surface area contributed by atoms with E-state index in [9.17, 15) is 5.11 Å². The minimum Gasteiger partial charge on any atom is -0.391 e. The normalized spacial score (nSPS) is 12.6. The fraction of sp³-hybridized carbons (Fsp3) is 0.385. The molecule has 0 aliphatic rings. The molecule has 0 saturated heterocycles. The van der Waals surface area contributed by atoms with Crippen molar-refractivity contribution in [1.82, 2.24) is 10.2 Å². The molecule has 2 rings (SSSR count). The molecule has 0 unspecified atom stereocenters. The van der Waals surface area contributed by atoms with Crippen LogP contribution in [0.15, 0.2) is 30.5 Å². The van der Waals surface area contributed by atoms with Gasteiger partial charge in [0, 0.05) is 19.0 Å². The summed E-state index contributed by atoms with van der Waals surface area (Å²) in [5, 5.41) is 18.8. The van der Waals surface area contributed by atoms with Crippen molar-refractivity contribution in [2.75, 3.05) is 18.5 Å². The van der Waals surface area contributed by atoms with Crippen LogP contribution in [0.5, 0.6) is 0 Å². The highest BCUT2D eigenvalue weighted by Gasteiger charge is 2.10. The second-order valence-electron chi connectivity index (χ2n) is 4.19. The van der Waals surface area contributed by atoms with Gasteiger partial charge in [-0.05, 0) is 12.5 Å². The molecule has 4 nitrogen and oxygen atoms in total. The highest BCUT2D eigenvalue weighted by Crippen LogP contribution is 2.23. The van der Waals surface area contributed by atoms with E-state index >= 15 is 0 Å². The van der Waals surface area contributed by atoms with Crippen molar-refractivity contribution >= 4 is 16.6 Å². The summed E-state index contributed by atoms with van der Waals surface area (Å²) >= 11 is 0. The summed E-state index contributed by atoms with van der Waals surface area (Å²) in [7, 11) is 1.96. The molecule has 4 heteroatoms. The fourth-order valence-corrected chi connectivity index (χ4v) is 1.84. The summed E-state index contributed by atoms with van der Waals surface area (Å²) in [5.41, 5.74) is 1.88. The standard InChI is InChI=1S/C13H17N3O/c1-3-10(17)9-16(2)13-8-14-15-12-7-5-4-6-11(12)13/h4-8,10,17H,3,9H2,1-2H3/t10-/m0/s1. The predicted molar refractivity (Wildman–Crippen MR) is 69.1 cm³/mol. The lowest BCUT2D eigenvalue weighted by molar-refractivity contribution is 0.177. The van der Waals surface area contributed by atoms with Crippen molar-refractivity contribution in [1.29, 1.82) is 0 Å². The summed E-state index contributed by atoms with van der Waals surface area (Å²) in [6, 6.07) is 7.89. The molecular formula is C13H17N3O. The van der Waals surface area contributed by atoms with E-state index in [1.165, 1.54) is 0 Å². The number of hydrogen-bond donors (Lipinski definition) is 1. The zero-order valence-electron chi connectivity index (χ0n) is 10.2. The molecule has 0 bridgehead atoms. The van der Waals surface area contributed by atoms with E-state index in [4.69, 9.17) is 0 Å². The Kier molecular flexibility index (Phi) is 3.54. The lowest BCUT2D eigenvalue weighted by Gasteiger charge is -2.22. The molecule has 1 atom stereocenters. The summed E-state index contributed by atoms with van der Waals surface area (Å²) in [6.45, 7) is 2.58. The van der Waals surface area contributed by atoms with Gasteiger partial charge in [0.15, 0.2) is 0 Å². The fourth-order valence-electron chi connectivity index (χ4n) is 1.84. The smallest absolute Gasteiger partial charge is 0.0950 e. The maximum absolute atomic E-state index is 9.68. The van der Waals surface area contributed by atoms with Gasteiger partial charge in [0.1, 0.15) is 0 Å². The first-order valence-electron chi connectivity index (χ1n) is 5.82. The Labute approximate surface area is 101 Å². The average molecular weight is 231 g/mol. The van der Waals surface area contributed by atoms with Crippen LogP contribution in [0.25, 0.3) is 10.9 Å². The van der Waals surface area contributed by atoms with Gasteiger partial charge in [-0.25, -0.2) is 0 Å². The molecule has 1 aromatic carbocycles. The number of rotatable bonds is 4. The van der Waals surface area contributed by atoms with Crippen molar-refractivity contribution in [2.24, 2.45) is 0 Å². The average Bonchev–Trinajstić information content (AvgIpc) is 2.37. The van der Waals surface area contributed by atoms with Crippen molar-refractivity contribution in [3.8, 4) is 0 Å². The third-order valence-electron chi connectivity index (χ3n) is 2.89. The number of anilines is 1. The maximum atomic E-state index is 9.68. The Morgan fingerprint density at radius 2 is 2.12 bits per heavy atom. The van der Waals surface area contributed by atoms with Gasteiger partial charge in [0.05, 0.1) is 23.5 Å². The molecule has 1 heterocycles. The molecule has 0 aliphatic heterocycles. The number of nitrogens with zero attached hydrogens (tertiary/aromatic N) is 3. The van der Waals surface area contributed by atoms with Crippen molar-refractivity contribution in [3.63, 3.8) is 0 Å². The highest BCUT2D eigenvalue weighted by molar-refractivity contribution is 5.90. The van der Waals surface area contributed by atoms with Gasteiger partial charge in [0.25, 0.3) is 0 Å². The first kappa shape index (κ1) is 11.8. The van der Waals surface area contributed by atoms with E-state index in [-0.39, 0.29) is 6.10 Å². The molecule has 1 aromatic heterocycles. The van der Waals surface area contributed by atoms with Gasteiger partial charge >= 0.3 is 0 Å². The first-order chi connectivity index (χ1) is 8.22. The van der Waals surface area contributed by atoms with Crippen LogP contribution in [0.3, 0.4) is 0 Å².